The second-order valence-corrected chi connectivity index (χ2v) is 6.61. The summed E-state index contributed by atoms with van der Waals surface area (Å²) in [6.07, 6.45) is 6.17. The van der Waals surface area contributed by atoms with Crippen molar-refractivity contribution in [2.24, 2.45) is 0 Å². The monoisotopic (exact) mass is 349 g/mol. The summed E-state index contributed by atoms with van der Waals surface area (Å²) in [6.45, 7) is 5.04. The van der Waals surface area contributed by atoms with E-state index in [0.717, 1.165) is 18.7 Å². The molecule has 0 spiro atoms. The molecule has 138 valence electrons. The van der Waals surface area contributed by atoms with Crippen molar-refractivity contribution in [1.82, 2.24) is 19.6 Å². The molecule has 1 saturated heterocycles. The Balaban J connectivity index is 1.46. The van der Waals surface area contributed by atoms with E-state index in [2.05, 4.69) is 15.3 Å². The molecule has 2 aliphatic rings. The number of nitrogens with zero attached hydrogens (tertiary/aromatic N) is 4. The molecule has 1 saturated carbocycles. The molecule has 1 aliphatic heterocycles. The number of hydrogen-bond acceptors (Lipinski definition) is 5. The van der Waals surface area contributed by atoms with E-state index < -0.39 is 0 Å². The maximum absolute atomic E-state index is 12.4. The Hall–Kier alpha value is -2.09. The van der Waals surface area contributed by atoms with Gasteiger partial charge in [-0.05, 0) is 19.8 Å². The molecule has 3 rings (SSSR count). The number of amides is 2. The molecule has 2 amide bonds. The number of carbonyl (C=O) groups is 2. The largest absolute Gasteiger partial charge is 0.450 e. The van der Waals surface area contributed by atoms with Crippen LogP contribution in [0.15, 0.2) is 12.3 Å². The molecule has 0 atom stereocenters. The minimum Gasteiger partial charge on any atom is -0.450 e. The summed E-state index contributed by atoms with van der Waals surface area (Å²) in [5.41, 5.74) is 0. The zero-order chi connectivity index (χ0) is 17.6. The Morgan fingerprint density at radius 2 is 1.96 bits per heavy atom. The van der Waals surface area contributed by atoms with Crippen LogP contribution < -0.4 is 5.32 Å². The first-order valence-electron chi connectivity index (χ1n) is 9.14. The van der Waals surface area contributed by atoms with Crippen LogP contribution in [0, 0.1) is 0 Å². The first-order chi connectivity index (χ1) is 12.2. The van der Waals surface area contributed by atoms with Gasteiger partial charge >= 0.3 is 6.09 Å². The number of hydrogen-bond donors (Lipinski definition) is 1. The van der Waals surface area contributed by atoms with Crippen molar-refractivity contribution in [3.63, 3.8) is 0 Å². The van der Waals surface area contributed by atoms with Crippen molar-refractivity contribution in [3.05, 3.63) is 12.3 Å². The molecule has 0 bridgehead atoms. The fraction of sp³-hybridized carbons (Fsp3) is 0.706. The zero-order valence-electron chi connectivity index (χ0n) is 14.8. The fourth-order valence-electron chi connectivity index (χ4n) is 3.54. The third-order valence-electron chi connectivity index (χ3n) is 4.87. The number of piperazine rings is 1. The van der Waals surface area contributed by atoms with Gasteiger partial charge in [0.15, 0.2) is 0 Å². The van der Waals surface area contributed by atoms with Crippen LogP contribution in [0.4, 0.5) is 10.6 Å². The van der Waals surface area contributed by atoms with E-state index >= 15 is 0 Å². The molecule has 8 heteroatoms. The van der Waals surface area contributed by atoms with E-state index in [1.165, 1.54) is 12.8 Å². The lowest BCUT2D eigenvalue weighted by Gasteiger charge is -2.33. The van der Waals surface area contributed by atoms with Crippen molar-refractivity contribution in [2.45, 2.75) is 38.6 Å². The lowest BCUT2D eigenvalue weighted by atomic mass is 10.2. The summed E-state index contributed by atoms with van der Waals surface area (Å²) >= 11 is 0. The molecule has 2 heterocycles. The molecule has 25 heavy (non-hydrogen) atoms. The van der Waals surface area contributed by atoms with Gasteiger partial charge < -0.3 is 15.0 Å². The van der Waals surface area contributed by atoms with Gasteiger partial charge in [-0.2, -0.15) is 5.10 Å². The van der Waals surface area contributed by atoms with Gasteiger partial charge in [0.25, 0.3) is 0 Å². The SMILES string of the molecule is CCOC(=O)N1CCN(CC(=O)Nc2ccnn2C2CCCC2)CC1. The third-order valence-corrected chi connectivity index (χ3v) is 4.87. The molecule has 2 fully saturated rings. The predicted molar refractivity (Wildman–Crippen MR) is 93.4 cm³/mol. The molecule has 0 unspecified atom stereocenters. The highest BCUT2D eigenvalue weighted by Crippen LogP contribution is 2.31. The van der Waals surface area contributed by atoms with Crippen LogP contribution in [-0.4, -0.2) is 70.9 Å². The average molecular weight is 349 g/mol. The standard InChI is InChI=1S/C17H27N5O3/c1-2-25-17(24)21-11-9-20(10-12-21)13-16(23)19-15-7-8-18-22(15)14-5-3-4-6-14/h7-8,14H,2-6,9-13H2,1H3,(H,19,23). The Labute approximate surface area is 148 Å². The summed E-state index contributed by atoms with van der Waals surface area (Å²) < 4.78 is 6.96. The number of anilines is 1. The topological polar surface area (TPSA) is 79.7 Å². The van der Waals surface area contributed by atoms with Gasteiger partial charge in [0, 0.05) is 32.2 Å². The number of rotatable bonds is 5. The van der Waals surface area contributed by atoms with E-state index in [0.29, 0.717) is 45.4 Å². The summed E-state index contributed by atoms with van der Waals surface area (Å²) in [6, 6.07) is 2.26. The first kappa shape index (κ1) is 17.7. The second kappa shape index (κ2) is 8.33. The van der Waals surface area contributed by atoms with Gasteiger partial charge in [0.05, 0.1) is 25.4 Å². The average Bonchev–Trinajstić information content (AvgIpc) is 3.26. The van der Waals surface area contributed by atoms with Crippen molar-refractivity contribution < 1.29 is 14.3 Å². The molecule has 0 radical (unpaired) electrons. The molecular formula is C17H27N5O3. The molecule has 8 nitrogen and oxygen atoms in total. The summed E-state index contributed by atoms with van der Waals surface area (Å²) in [5.74, 6) is 0.742. The molecule has 1 N–H and O–H groups in total. The Kier molecular flexibility index (Phi) is 5.91. The molecule has 1 aromatic rings. The van der Waals surface area contributed by atoms with Crippen LogP contribution in [0.25, 0.3) is 0 Å². The minimum atomic E-state index is -0.271. The van der Waals surface area contributed by atoms with E-state index in [9.17, 15) is 9.59 Å². The van der Waals surface area contributed by atoms with Gasteiger partial charge in [-0.3, -0.25) is 9.69 Å². The van der Waals surface area contributed by atoms with Crippen molar-refractivity contribution >= 4 is 17.8 Å². The normalized spacial score (nSPS) is 19.2. The highest BCUT2D eigenvalue weighted by atomic mass is 16.6. The van der Waals surface area contributed by atoms with Crippen LogP contribution in [0.2, 0.25) is 0 Å². The molecular weight excluding hydrogens is 322 g/mol. The number of carbonyl (C=O) groups excluding carboxylic acids is 2. The van der Waals surface area contributed by atoms with E-state index in [1.807, 2.05) is 10.7 Å². The fourth-order valence-corrected chi connectivity index (χ4v) is 3.54. The Morgan fingerprint density at radius 1 is 1.24 bits per heavy atom. The van der Waals surface area contributed by atoms with Gasteiger partial charge in [0.1, 0.15) is 5.82 Å². The van der Waals surface area contributed by atoms with Crippen LogP contribution >= 0.6 is 0 Å². The van der Waals surface area contributed by atoms with Crippen molar-refractivity contribution in [3.8, 4) is 0 Å². The molecule has 0 aromatic carbocycles. The summed E-state index contributed by atoms with van der Waals surface area (Å²) in [7, 11) is 0. The predicted octanol–water partition coefficient (Wildman–Crippen LogP) is 1.71. The first-order valence-corrected chi connectivity index (χ1v) is 9.14. The third kappa shape index (κ3) is 4.50. The number of aromatic nitrogens is 2. The number of ether oxygens (including phenoxy) is 1. The summed E-state index contributed by atoms with van der Waals surface area (Å²) in [4.78, 5) is 27.8. The van der Waals surface area contributed by atoms with Gasteiger partial charge in [0.2, 0.25) is 5.91 Å². The van der Waals surface area contributed by atoms with Gasteiger partial charge in [-0.1, -0.05) is 12.8 Å². The van der Waals surface area contributed by atoms with Crippen LogP contribution in [0.5, 0.6) is 0 Å². The lowest BCUT2D eigenvalue weighted by Crippen LogP contribution is -2.50. The second-order valence-electron chi connectivity index (χ2n) is 6.61. The zero-order valence-corrected chi connectivity index (χ0v) is 14.8. The lowest BCUT2D eigenvalue weighted by molar-refractivity contribution is -0.117. The summed E-state index contributed by atoms with van der Waals surface area (Å²) in [5, 5.41) is 7.36. The van der Waals surface area contributed by atoms with Gasteiger partial charge in [-0.15, -0.1) is 0 Å². The Bertz CT molecular complexity index is 589. The maximum Gasteiger partial charge on any atom is 0.409 e. The van der Waals surface area contributed by atoms with Crippen LogP contribution in [0.3, 0.4) is 0 Å². The Morgan fingerprint density at radius 3 is 2.64 bits per heavy atom. The maximum atomic E-state index is 12.4. The smallest absolute Gasteiger partial charge is 0.409 e. The minimum absolute atomic E-state index is 0.0377. The van der Waals surface area contributed by atoms with E-state index in [-0.39, 0.29) is 12.0 Å². The van der Waals surface area contributed by atoms with Crippen LogP contribution in [-0.2, 0) is 9.53 Å². The van der Waals surface area contributed by atoms with Crippen LogP contribution in [0.1, 0.15) is 38.6 Å². The van der Waals surface area contributed by atoms with Gasteiger partial charge in [-0.25, -0.2) is 9.48 Å². The highest BCUT2D eigenvalue weighted by Gasteiger charge is 2.24. The molecule has 1 aliphatic carbocycles. The highest BCUT2D eigenvalue weighted by molar-refractivity contribution is 5.91. The van der Waals surface area contributed by atoms with E-state index in [4.69, 9.17) is 4.74 Å². The van der Waals surface area contributed by atoms with Crippen molar-refractivity contribution in [2.75, 3.05) is 44.6 Å². The van der Waals surface area contributed by atoms with E-state index in [1.54, 1.807) is 18.0 Å². The number of nitrogens with one attached hydrogen (secondary N) is 1. The van der Waals surface area contributed by atoms with Crippen molar-refractivity contribution in [1.29, 1.82) is 0 Å². The molecule has 1 aromatic heterocycles. The quantitative estimate of drug-likeness (QED) is 0.875.